The largest absolute Gasteiger partial charge is 0.384 e. The van der Waals surface area contributed by atoms with Gasteiger partial charge in [0.2, 0.25) is 0 Å². The van der Waals surface area contributed by atoms with Crippen molar-refractivity contribution in [3.63, 3.8) is 0 Å². The summed E-state index contributed by atoms with van der Waals surface area (Å²) in [7, 11) is 0. The van der Waals surface area contributed by atoms with E-state index in [4.69, 9.17) is 5.73 Å². The average molecular weight is 236 g/mol. The SMILES string of the molecule is Nc1ccc(Nc2cccc3ncccc23)cn1. The maximum atomic E-state index is 5.56. The fourth-order valence-electron chi connectivity index (χ4n) is 1.85. The summed E-state index contributed by atoms with van der Waals surface area (Å²) in [5.74, 6) is 0.514. The van der Waals surface area contributed by atoms with Gasteiger partial charge in [-0.2, -0.15) is 0 Å². The Balaban J connectivity index is 2.02. The molecule has 0 saturated carbocycles. The van der Waals surface area contributed by atoms with E-state index in [-0.39, 0.29) is 0 Å². The molecule has 0 aliphatic carbocycles. The molecule has 0 saturated heterocycles. The van der Waals surface area contributed by atoms with Gasteiger partial charge in [0.1, 0.15) is 5.82 Å². The summed E-state index contributed by atoms with van der Waals surface area (Å²) in [5.41, 5.74) is 8.44. The lowest BCUT2D eigenvalue weighted by Gasteiger charge is -2.09. The van der Waals surface area contributed by atoms with Crippen molar-refractivity contribution in [1.82, 2.24) is 9.97 Å². The third kappa shape index (κ3) is 1.96. The summed E-state index contributed by atoms with van der Waals surface area (Å²) in [6, 6.07) is 13.6. The molecule has 0 atom stereocenters. The first-order chi connectivity index (χ1) is 8.83. The zero-order valence-electron chi connectivity index (χ0n) is 9.67. The summed E-state index contributed by atoms with van der Waals surface area (Å²) < 4.78 is 0. The molecule has 0 bridgehead atoms. The number of nitrogens with zero attached hydrogens (tertiary/aromatic N) is 2. The molecule has 0 spiro atoms. The molecular weight excluding hydrogens is 224 g/mol. The molecule has 0 radical (unpaired) electrons. The quantitative estimate of drug-likeness (QED) is 0.718. The minimum absolute atomic E-state index is 0.514. The number of benzene rings is 1. The Bertz CT molecular complexity index is 671. The summed E-state index contributed by atoms with van der Waals surface area (Å²) >= 11 is 0. The van der Waals surface area contributed by atoms with E-state index >= 15 is 0 Å². The van der Waals surface area contributed by atoms with Gasteiger partial charge in [0.15, 0.2) is 0 Å². The number of hydrogen-bond acceptors (Lipinski definition) is 4. The Morgan fingerprint density at radius 1 is 0.944 bits per heavy atom. The third-order valence-corrected chi connectivity index (χ3v) is 2.71. The Hall–Kier alpha value is -2.62. The van der Waals surface area contributed by atoms with Crippen LogP contribution in [0.1, 0.15) is 0 Å². The van der Waals surface area contributed by atoms with Crippen LogP contribution < -0.4 is 11.1 Å². The van der Waals surface area contributed by atoms with E-state index in [9.17, 15) is 0 Å². The van der Waals surface area contributed by atoms with Crippen LogP contribution in [-0.2, 0) is 0 Å². The molecule has 0 fully saturated rings. The summed E-state index contributed by atoms with van der Waals surface area (Å²) in [6.45, 7) is 0. The van der Waals surface area contributed by atoms with E-state index in [0.717, 1.165) is 22.3 Å². The van der Waals surface area contributed by atoms with Crippen LogP contribution in [0, 0.1) is 0 Å². The molecule has 88 valence electrons. The molecule has 0 aliphatic rings. The van der Waals surface area contributed by atoms with Gasteiger partial charge >= 0.3 is 0 Å². The first kappa shape index (κ1) is 10.5. The van der Waals surface area contributed by atoms with Gasteiger partial charge in [0, 0.05) is 17.3 Å². The molecule has 3 aromatic rings. The van der Waals surface area contributed by atoms with Crippen LogP contribution in [-0.4, -0.2) is 9.97 Å². The van der Waals surface area contributed by atoms with Crippen LogP contribution in [0.5, 0.6) is 0 Å². The molecule has 3 N–H and O–H groups in total. The minimum atomic E-state index is 0.514. The highest BCUT2D eigenvalue weighted by atomic mass is 14.9. The maximum absolute atomic E-state index is 5.56. The van der Waals surface area contributed by atoms with Crippen molar-refractivity contribution in [1.29, 1.82) is 0 Å². The van der Waals surface area contributed by atoms with Crippen LogP contribution >= 0.6 is 0 Å². The number of nitrogens with one attached hydrogen (secondary N) is 1. The number of aromatic nitrogens is 2. The smallest absolute Gasteiger partial charge is 0.123 e. The Labute approximate surface area is 104 Å². The number of anilines is 3. The van der Waals surface area contributed by atoms with Crippen molar-refractivity contribution in [3.8, 4) is 0 Å². The Morgan fingerprint density at radius 3 is 2.72 bits per heavy atom. The molecular formula is C14H12N4. The first-order valence-corrected chi connectivity index (χ1v) is 5.65. The number of rotatable bonds is 2. The average Bonchev–Trinajstić information content (AvgIpc) is 2.42. The summed E-state index contributed by atoms with van der Waals surface area (Å²) in [5, 5.41) is 4.40. The highest BCUT2D eigenvalue weighted by Crippen LogP contribution is 2.24. The van der Waals surface area contributed by atoms with Gasteiger partial charge in [-0.25, -0.2) is 4.98 Å². The predicted molar refractivity (Wildman–Crippen MR) is 73.7 cm³/mol. The van der Waals surface area contributed by atoms with Crippen LogP contribution in [0.3, 0.4) is 0 Å². The van der Waals surface area contributed by atoms with E-state index in [1.807, 2.05) is 36.4 Å². The highest BCUT2D eigenvalue weighted by Gasteiger charge is 2.01. The molecule has 0 unspecified atom stereocenters. The summed E-state index contributed by atoms with van der Waals surface area (Å²) in [4.78, 5) is 8.38. The lowest BCUT2D eigenvalue weighted by Crippen LogP contribution is -1.94. The van der Waals surface area contributed by atoms with Crippen LogP contribution in [0.25, 0.3) is 10.9 Å². The molecule has 3 rings (SSSR count). The topological polar surface area (TPSA) is 63.8 Å². The van der Waals surface area contributed by atoms with E-state index in [0.29, 0.717) is 5.82 Å². The number of nitrogens with two attached hydrogens (primary N) is 1. The van der Waals surface area contributed by atoms with Crippen LogP contribution in [0.2, 0.25) is 0 Å². The van der Waals surface area contributed by atoms with Crippen molar-refractivity contribution in [2.75, 3.05) is 11.1 Å². The number of nitrogen functional groups attached to an aromatic ring is 1. The van der Waals surface area contributed by atoms with Gasteiger partial charge in [-0.1, -0.05) is 6.07 Å². The normalized spacial score (nSPS) is 10.4. The van der Waals surface area contributed by atoms with E-state index in [1.165, 1.54) is 0 Å². The Kier molecular flexibility index (Phi) is 2.53. The van der Waals surface area contributed by atoms with Gasteiger partial charge in [-0.3, -0.25) is 4.98 Å². The molecule has 0 aliphatic heterocycles. The fraction of sp³-hybridized carbons (Fsp3) is 0. The maximum Gasteiger partial charge on any atom is 0.123 e. The van der Waals surface area contributed by atoms with E-state index in [2.05, 4.69) is 15.3 Å². The Morgan fingerprint density at radius 2 is 1.89 bits per heavy atom. The zero-order valence-corrected chi connectivity index (χ0v) is 9.67. The van der Waals surface area contributed by atoms with Crippen molar-refractivity contribution >= 4 is 28.1 Å². The zero-order chi connectivity index (χ0) is 12.4. The van der Waals surface area contributed by atoms with Crippen molar-refractivity contribution < 1.29 is 0 Å². The standard InChI is InChI=1S/C14H12N4/c15-14-7-6-10(9-17-14)18-13-5-1-4-12-11(13)3-2-8-16-12/h1-9,18H,(H2,15,17). The minimum Gasteiger partial charge on any atom is -0.384 e. The fourth-order valence-corrected chi connectivity index (χ4v) is 1.85. The number of pyridine rings is 2. The van der Waals surface area contributed by atoms with Crippen LogP contribution in [0.15, 0.2) is 54.9 Å². The molecule has 1 aromatic carbocycles. The van der Waals surface area contributed by atoms with Crippen LogP contribution in [0.4, 0.5) is 17.2 Å². The highest BCUT2D eigenvalue weighted by molar-refractivity contribution is 5.92. The molecule has 4 heteroatoms. The molecule has 2 heterocycles. The van der Waals surface area contributed by atoms with Crippen molar-refractivity contribution in [2.45, 2.75) is 0 Å². The van der Waals surface area contributed by atoms with E-state index in [1.54, 1.807) is 18.5 Å². The number of hydrogen-bond donors (Lipinski definition) is 2. The van der Waals surface area contributed by atoms with E-state index < -0.39 is 0 Å². The van der Waals surface area contributed by atoms with Crippen molar-refractivity contribution in [3.05, 3.63) is 54.9 Å². The molecule has 4 nitrogen and oxygen atoms in total. The molecule has 0 amide bonds. The second kappa shape index (κ2) is 4.33. The molecule has 2 aromatic heterocycles. The monoisotopic (exact) mass is 236 g/mol. The molecule has 18 heavy (non-hydrogen) atoms. The van der Waals surface area contributed by atoms with Gasteiger partial charge < -0.3 is 11.1 Å². The second-order valence-electron chi connectivity index (χ2n) is 3.97. The van der Waals surface area contributed by atoms with Gasteiger partial charge in [-0.05, 0) is 36.4 Å². The predicted octanol–water partition coefficient (Wildman–Crippen LogP) is 2.96. The second-order valence-corrected chi connectivity index (χ2v) is 3.97. The van der Waals surface area contributed by atoms with Crippen molar-refractivity contribution in [2.24, 2.45) is 0 Å². The first-order valence-electron chi connectivity index (χ1n) is 5.65. The van der Waals surface area contributed by atoms with Gasteiger partial charge in [0.05, 0.1) is 17.4 Å². The lowest BCUT2D eigenvalue weighted by molar-refractivity contribution is 1.33. The lowest BCUT2D eigenvalue weighted by atomic mass is 10.2. The van der Waals surface area contributed by atoms with Gasteiger partial charge in [0.25, 0.3) is 0 Å². The summed E-state index contributed by atoms with van der Waals surface area (Å²) in [6.07, 6.45) is 3.50. The number of fused-ring (bicyclic) bond motifs is 1. The van der Waals surface area contributed by atoms with Gasteiger partial charge in [-0.15, -0.1) is 0 Å². The third-order valence-electron chi connectivity index (χ3n) is 2.71.